The molecule has 1 aromatic carbocycles. The molecule has 0 amide bonds. The molecule has 0 aromatic heterocycles. The third-order valence-corrected chi connectivity index (χ3v) is 1.40. The zero-order valence-corrected chi connectivity index (χ0v) is 6.89. The van der Waals surface area contributed by atoms with Crippen LogP contribution in [0.2, 0.25) is 0 Å². The molecular formula is C8H6BrO. The quantitative estimate of drug-likeness (QED) is 0.664. The molecule has 1 radical (unpaired) electrons. The molecule has 0 spiro atoms. The van der Waals surface area contributed by atoms with Gasteiger partial charge >= 0.3 is 0 Å². The maximum Gasteiger partial charge on any atom is 0.128 e. The van der Waals surface area contributed by atoms with Gasteiger partial charge in [-0.15, -0.1) is 0 Å². The van der Waals surface area contributed by atoms with Crippen LogP contribution in [-0.4, -0.2) is 0 Å². The van der Waals surface area contributed by atoms with Gasteiger partial charge in [0.1, 0.15) is 5.75 Å². The third kappa shape index (κ3) is 1.88. The molecule has 0 bridgehead atoms. The van der Waals surface area contributed by atoms with E-state index in [4.69, 9.17) is 4.74 Å². The largest absolute Gasteiger partial charge is 0.466 e. The SMILES string of the molecule is C=COc1c[c]cc(Br)c1. The van der Waals surface area contributed by atoms with Crippen LogP contribution in [0, 0.1) is 6.07 Å². The van der Waals surface area contributed by atoms with E-state index in [1.54, 1.807) is 6.07 Å². The first-order chi connectivity index (χ1) is 4.83. The van der Waals surface area contributed by atoms with Gasteiger partial charge in [-0.1, -0.05) is 22.5 Å². The van der Waals surface area contributed by atoms with Crippen LogP contribution in [0.4, 0.5) is 0 Å². The number of rotatable bonds is 2. The fourth-order valence-corrected chi connectivity index (χ4v) is 0.945. The predicted molar refractivity (Wildman–Crippen MR) is 43.8 cm³/mol. The second kappa shape index (κ2) is 3.42. The van der Waals surface area contributed by atoms with Crippen LogP contribution in [0.5, 0.6) is 5.75 Å². The van der Waals surface area contributed by atoms with E-state index in [1.807, 2.05) is 12.1 Å². The Kier molecular flexibility index (Phi) is 2.51. The molecule has 0 fully saturated rings. The van der Waals surface area contributed by atoms with Crippen molar-refractivity contribution < 1.29 is 4.74 Å². The molecular weight excluding hydrogens is 192 g/mol. The number of hydrogen-bond acceptors (Lipinski definition) is 1. The van der Waals surface area contributed by atoms with Crippen molar-refractivity contribution >= 4 is 15.9 Å². The van der Waals surface area contributed by atoms with Crippen molar-refractivity contribution in [1.82, 2.24) is 0 Å². The Bertz CT molecular complexity index is 232. The summed E-state index contributed by atoms with van der Waals surface area (Å²) < 4.78 is 5.94. The fourth-order valence-electron chi connectivity index (χ4n) is 0.587. The van der Waals surface area contributed by atoms with E-state index in [0.717, 1.165) is 10.2 Å². The van der Waals surface area contributed by atoms with Crippen LogP contribution in [0.1, 0.15) is 0 Å². The van der Waals surface area contributed by atoms with Crippen LogP contribution in [-0.2, 0) is 0 Å². The second-order valence-electron chi connectivity index (χ2n) is 1.67. The van der Waals surface area contributed by atoms with Crippen molar-refractivity contribution in [3.05, 3.63) is 41.6 Å². The second-order valence-corrected chi connectivity index (χ2v) is 2.59. The maximum absolute atomic E-state index is 4.99. The molecule has 1 aromatic rings. The van der Waals surface area contributed by atoms with E-state index in [1.165, 1.54) is 6.26 Å². The molecule has 1 nitrogen and oxygen atoms in total. The van der Waals surface area contributed by atoms with Crippen molar-refractivity contribution in [1.29, 1.82) is 0 Å². The Balaban J connectivity index is 2.84. The molecule has 0 saturated carbocycles. The summed E-state index contributed by atoms with van der Waals surface area (Å²) in [6.45, 7) is 3.43. The highest BCUT2D eigenvalue weighted by Crippen LogP contribution is 2.16. The van der Waals surface area contributed by atoms with Gasteiger partial charge in [0.25, 0.3) is 0 Å². The number of halogens is 1. The lowest BCUT2D eigenvalue weighted by molar-refractivity contribution is 0.483. The van der Waals surface area contributed by atoms with Gasteiger partial charge in [0.2, 0.25) is 0 Å². The molecule has 0 heterocycles. The first-order valence-corrected chi connectivity index (χ1v) is 3.56. The number of benzene rings is 1. The van der Waals surface area contributed by atoms with Gasteiger partial charge in [-0.2, -0.15) is 0 Å². The van der Waals surface area contributed by atoms with E-state index >= 15 is 0 Å². The molecule has 0 aliphatic rings. The van der Waals surface area contributed by atoms with E-state index in [9.17, 15) is 0 Å². The summed E-state index contributed by atoms with van der Waals surface area (Å²) in [7, 11) is 0. The Morgan fingerprint density at radius 3 is 3.00 bits per heavy atom. The summed E-state index contributed by atoms with van der Waals surface area (Å²) in [4.78, 5) is 0. The highest BCUT2D eigenvalue weighted by Gasteiger charge is 1.89. The standard InChI is InChI=1S/C8H6BrO/c1-2-10-8-5-3-4-7(9)6-8/h2,4-6H,1H2. The lowest BCUT2D eigenvalue weighted by Gasteiger charge is -1.97. The topological polar surface area (TPSA) is 9.23 Å². The van der Waals surface area contributed by atoms with Gasteiger partial charge in [-0.05, 0) is 24.3 Å². The lowest BCUT2D eigenvalue weighted by Crippen LogP contribution is -1.78. The summed E-state index contributed by atoms with van der Waals surface area (Å²) in [5.74, 6) is 0.740. The lowest BCUT2D eigenvalue weighted by atomic mass is 10.3. The van der Waals surface area contributed by atoms with Crippen molar-refractivity contribution in [3.63, 3.8) is 0 Å². The molecule has 2 heteroatoms. The fraction of sp³-hybridized carbons (Fsp3) is 0. The zero-order valence-electron chi connectivity index (χ0n) is 5.30. The maximum atomic E-state index is 4.99. The Labute approximate surface area is 68.5 Å². The Hall–Kier alpha value is -0.760. The molecule has 0 aliphatic heterocycles. The third-order valence-electron chi connectivity index (χ3n) is 0.946. The van der Waals surface area contributed by atoms with Crippen LogP contribution in [0.25, 0.3) is 0 Å². The van der Waals surface area contributed by atoms with Gasteiger partial charge in [0.15, 0.2) is 0 Å². The molecule has 0 atom stereocenters. The smallest absolute Gasteiger partial charge is 0.128 e. The highest BCUT2D eigenvalue weighted by atomic mass is 79.9. The van der Waals surface area contributed by atoms with Gasteiger partial charge in [-0.25, -0.2) is 0 Å². The summed E-state index contributed by atoms with van der Waals surface area (Å²) >= 11 is 3.29. The van der Waals surface area contributed by atoms with E-state index < -0.39 is 0 Å². The van der Waals surface area contributed by atoms with E-state index in [2.05, 4.69) is 28.6 Å². The average Bonchev–Trinajstić information content (AvgIpc) is 1.88. The van der Waals surface area contributed by atoms with Gasteiger partial charge in [0.05, 0.1) is 6.26 Å². The first-order valence-electron chi connectivity index (χ1n) is 2.77. The van der Waals surface area contributed by atoms with Crippen molar-refractivity contribution in [2.45, 2.75) is 0 Å². The summed E-state index contributed by atoms with van der Waals surface area (Å²) in [5, 5.41) is 0. The zero-order chi connectivity index (χ0) is 7.40. The van der Waals surface area contributed by atoms with E-state index in [-0.39, 0.29) is 0 Å². The van der Waals surface area contributed by atoms with Crippen LogP contribution in [0.3, 0.4) is 0 Å². The Morgan fingerprint density at radius 2 is 2.40 bits per heavy atom. The van der Waals surface area contributed by atoms with Crippen LogP contribution < -0.4 is 4.74 Å². The number of hydrogen-bond donors (Lipinski definition) is 0. The normalized spacial score (nSPS) is 8.90. The van der Waals surface area contributed by atoms with Gasteiger partial charge in [0, 0.05) is 4.47 Å². The summed E-state index contributed by atoms with van der Waals surface area (Å²) in [6.07, 6.45) is 1.38. The molecule has 10 heavy (non-hydrogen) atoms. The molecule has 1 rings (SSSR count). The minimum atomic E-state index is 0.740. The summed E-state index contributed by atoms with van der Waals surface area (Å²) in [6, 6.07) is 8.30. The van der Waals surface area contributed by atoms with Gasteiger partial charge in [-0.3, -0.25) is 0 Å². The molecule has 51 valence electrons. The Morgan fingerprint density at radius 1 is 1.60 bits per heavy atom. The summed E-state index contributed by atoms with van der Waals surface area (Å²) in [5.41, 5.74) is 0. The first kappa shape index (κ1) is 7.35. The van der Waals surface area contributed by atoms with Crippen LogP contribution in [0.15, 0.2) is 35.5 Å². The number of ether oxygens (including phenoxy) is 1. The monoisotopic (exact) mass is 197 g/mol. The molecule has 0 aliphatic carbocycles. The minimum absolute atomic E-state index is 0.740. The molecule has 0 saturated heterocycles. The van der Waals surface area contributed by atoms with Crippen molar-refractivity contribution in [3.8, 4) is 5.75 Å². The van der Waals surface area contributed by atoms with Crippen LogP contribution >= 0.6 is 15.9 Å². The van der Waals surface area contributed by atoms with Crippen molar-refractivity contribution in [2.75, 3.05) is 0 Å². The molecule has 0 N–H and O–H groups in total. The average molecular weight is 198 g/mol. The predicted octanol–water partition coefficient (Wildman–Crippen LogP) is 2.77. The van der Waals surface area contributed by atoms with E-state index in [0.29, 0.717) is 0 Å². The van der Waals surface area contributed by atoms with Crippen molar-refractivity contribution in [2.24, 2.45) is 0 Å². The van der Waals surface area contributed by atoms with Gasteiger partial charge < -0.3 is 4.74 Å². The molecule has 0 unspecified atom stereocenters. The highest BCUT2D eigenvalue weighted by molar-refractivity contribution is 9.10. The minimum Gasteiger partial charge on any atom is -0.466 e.